The van der Waals surface area contributed by atoms with Crippen LogP contribution in [0.4, 0.5) is 0 Å². The van der Waals surface area contributed by atoms with E-state index in [0.29, 0.717) is 6.04 Å². The molecule has 90 valence electrons. The molecule has 0 bridgehead atoms. The normalized spacial score (nSPS) is 12.4. The van der Waals surface area contributed by atoms with E-state index in [-0.39, 0.29) is 0 Å². The van der Waals surface area contributed by atoms with E-state index in [1.54, 1.807) is 0 Å². The van der Waals surface area contributed by atoms with Gasteiger partial charge in [-0.15, -0.1) is 0 Å². The minimum atomic E-state index is 0.501. The van der Waals surface area contributed by atoms with E-state index in [4.69, 9.17) is 4.74 Å². The molecule has 0 amide bonds. The first-order valence-electron chi connectivity index (χ1n) is 6.22. The van der Waals surface area contributed by atoms with E-state index in [1.165, 1.54) is 12.0 Å². The van der Waals surface area contributed by atoms with Gasteiger partial charge in [-0.3, -0.25) is 0 Å². The summed E-state index contributed by atoms with van der Waals surface area (Å²) in [5.74, 6) is 1.02. The molecule has 0 aliphatic carbocycles. The van der Waals surface area contributed by atoms with Crippen molar-refractivity contribution in [2.45, 2.75) is 39.7 Å². The van der Waals surface area contributed by atoms with Crippen LogP contribution in [0.5, 0.6) is 5.75 Å². The first kappa shape index (κ1) is 13.0. The summed E-state index contributed by atoms with van der Waals surface area (Å²) in [7, 11) is 0. The Balaban J connectivity index is 2.57. The fourth-order valence-corrected chi connectivity index (χ4v) is 1.76. The third-order valence-electron chi connectivity index (χ3n) is 2.54. The Morgan fingerprint density at radius 1 is 1.25 bits per heavy atom. The van der Waals surface area contributed by atoms with Crippen molar-refractivity contribution in [1.82, 2.24) is 5.32 Å². The van der Waals surface area contributed by atoms with Crippen LogP contribution in [0.2, 0.25) is 0 Å². The zero-order valence-corrected chi connectivity index (χ0v) is 10.6. The lowest BCUT2D eigenvalue weighted by Gasteiger charge is -2.15. The highest BCUT2D eigenvalue weighted by molar-refractivity contribution is 5.33. The van der Waals surface area contributed by atoms with Gasteiger partial charge in [0, 0.05) is 6.04 Å². The molecular weight excluding hydrogens is 198 g/mol. The Morgan fingerprint density at radius 3 is 2.69 bits per heavy atom. The number of nitrogens with one attached hydrogen (secondary N) is 1. The van der Waals surface area contributed by atoms with Crippen LogP contribution in [-0.2, 0) is 6.42 Å². The molecule has 0 fully saturated rings. The Kier molecular flexibility index (Phi) is 5.94. The van der Waals surface area contributed by atoms with Gasteiger partial charge in [-0.25, -0.2) is 0 Å². The van der Waals surface area contributed by atoms with Crippen LogP contribution in [0.15, 0.2) is 24.3 Å². The monoisotopic (exact) mass is 221 g/mol. The fourth-order valence-electron chi connectivity index (χ4n) is 1.76. The highest BCUT2D eigenvalue weighted by atomic mass is 16.5. The molecule has 0 radical (unpaired) electrons. The summed E-state index contributed by atoms with van der Waals surface area (Å²) in [6.45, 7) is 8.24. The van der Waals surface area contributed by atoms with Crippen molar-refractivity contribution in [2.24, 2.45) is 0 Å². The molecule has 0 heterocycles. The van der Waals surface area contributed by atoms with Crippen LogP contribution in [0.3, 0.4) is 0 Å². The standard InChI is InChI=1S/C14H23NO/c1-4-10-15-12(3)11-13-8-6-7-9-14(13)16-5-2/h6-9,12,15H,4-5,10-11H2,1-3H3. The predicted molar refractivity (Wildman–Crippen MR) is 69.1 cm³/mol. The number of hydrogen-bond acceptors (Lipinski definition) is 2. The van der Waals surface area contributed by atoms with E-state index < -0.39 is 0 Å². The van der Waals surface area contributed by atoms with E-state index >= 15 is 0 Å². The summed E-state index contributed by atoms with van der Waals surface area (Å²) >= 11 is 0. The molecule has 1 N–H and O–H groups in total. The molecule has 0 aromatic heterocycles. The molecule has 0 spiro atoms. The van der Waals surface area contributed by atoms with Crippen molar-refractivity contribution in [3.63, 3.8) is 0 Å². The van der Waals surface area contributed by atoms with Crippen molar-refractivity contribution in [2.75, 3.05) is 13.2 Å². The van der Waals surface area contributed by atoms with Crippen molar-refractivity contribution in [3.05, 3.63) is 29.8 Å². The predicted octanol–water partition coefficient (Wildman–Crippen LogP) is 3.02. The highest BCUT2D eigenvalue weighted by Crippen LogP contribution is 2.19. The maximum absolute atomic E-state index is 5.61. The maximum atomic E-state index is 5.61. The van der Waals surface area contributed by atoms with Gasteiger partial charge in [-0.2, -0.15) is 0 Å². The SMILES string of the molecule is CCCNC(C)Cc1ccccc1OCC. The number of hydrogen-bond donors (Lipinski definition) is 1. The van der Waals surface area contributed by atoms with Gasteiger partial charge in [0.05, 0.1) is 6.61 Å². The van der Waals surface area contributed by atoms with Crippen molar-refractivity contribution >= 4 is 0 Å². The summed E-state index contributed by atoms with van der Waals surface area (Å²) in [4.78, 5) is 0. The van der Waals surface area contributed by atoms with Crippen LogP contribution < -0.4 is 10.1 Å². The van der Waals surface area contributed by atoms with Crippen LogP contribution in [0.1, 0.15) is 32.8 Å². The molecule has 0 aliphatic rings. The van der Waals surface area contributed by atoms with Gasteiger partial charge >= 0.3 is 0 Å². The molecule has 1 aromatic carbocycles. The average Bonchev–Trinajstić information content (AvgIpc) is 2.29. The third-order valence-corrected chi connectivity index (χ3v) is 2.54. The van der Waals surface area contributed by atoms with Gasteiger partial charge in [0.25, 0.3) is 0 Å². The summed E-state index contributed by atoms with van der Waals surface area (Å²) in [6, 6.07) is 8.80. The highest BCUT2D eigenvalue weighted by Gasteiger charge is 2.06. The largest absolute Gasteiger partial charge is 0.494 e. The molecule has 0 saturated heterocycles. The van der Waals surface area contributed by atoms with Gasteiger partial charge < -0.3 is 10.1 Å². The number of benzene rings is 1. The molecule has 0 saturated carbocycles. The lowest BCUT2D eigenvalue weighted by atomic mass is 10.1. The van der Waals surface area contributed by atoms with Crippen molar-refractivity contribution < 1.29 is 4.74 Å². The maximum Gasteiger partial charge on any atom is 0.122 e. The summed E-state index contributed by atoms with van der Waals surface area (Å²) in [5, 5.41) is 3.49. The van der Waals surface area contributed by atoms with Gasteiger partial charge in [0.1, 0.15) is 5.75 Å². The van der Waals surface area contributed by atoms with Crippen LogP contribution in [0, 0.1) is 0 Å². The Labute approximate surface area is 99.0 Å². The second kappa shape index (κ2) is 7.29. The molecule has 2 nitrogen and oxygen atoms in total. The molecule has 1 unspecified atom stereocenters. The van der Waals surface area contributed by atoms with E-state index in [9.17, 15) is 0 Å². The molecule has 1 aromatic rings. The van der Waals surface area contributed by atoms with Crippen LogP contribution in [0.25, 0.3) is 0 Å². The Bertz CT molecular complexity index is 299. The summed E-state index contributed by atoms with van der Waals surface area (Å²) < 4.78 is 5.61. The zero-order chi connectivity index (χ0) is 11.8. The molecule has 2 heteroatoms. The summed E-state index contributed by atoms with van der Waals surface area (Å²) in [5.41, 5.74) is 1.29. The lowest BCUT2D eigenvalue weighted by molar-refractivity contribution is 0.335. The smallest absolute Gasteiger partial charge is 0.122 e. The molecule has 16 heavy (non-hydrogen) atoms. The lowest BCUT2D eigenvalue weighted by Crippen LogP contribution is -2.28. The third kappa shape index (κ3) is 4.23. The van der Waals surface area contributed by atoms with Crippen LogP contribution >= 0.6 is 0 Å². The zero-order valence-electron chi connectivity index (χ0n) is 10.6. The second-order valence-electron chi connectivity index (χ2n) is 4.10. The quantitative estimate of drug-likeness (QED) is 0.764. The van der Waals surface area contributed by atoms with E-state index in [0.717, 1.165) is 25.3 Å². The first-order valence-corrected chi connectivity index (χ1v) is 6.22. The summed E-state index contributed by atoms with van der Waals surface area (Å²) in [6.07, 6.45) is 2.20. The fraction of sp³-hybridized carbons (Fsp3) is 0.571. The van der Waals surface area contributed by atoms with Gasteiger partial charge in [-0.1, -0.05) is 25.1 Å². The minimum absolute atomic E-state index is 0.501. The van der Waals surface area contributed by atoms with Crippen molar-refractivity contribution in [3.8, 4) is 5.75 Å². The van der Waals surface area contributed by atoms with Gasteiger partial charge in [0.2, 0.25) is 0 Å². The number of rotatable bonds is 7. The number of ether oxygens (including phenoxy) is 1. The molecular formula is C14H23NO. The Hall–Kier alpha value is -1.02. The van der Waals surface area contributed by atoms with Crippen molar-refractivity contribution in [1.29, 1.82) is 0 Å². The van der Waals surface area contributed by atoms with E-state index in [1.807, 2.05) is 19.1 Å². The average molecular weight is 221 g/mol. The van der Waals surface area contributed by atoms with Crippen LogP contribution in [-0.4, -0.2) is 19.2 Å². The molecule has 0 aliphatic heterocycles. The minimum Gasteiger partial charge on any atom is -0.494 e. The second-order valence-corrected chi connectivity index (χ2v) is 4.10. The topological polar surface area (TPSA) is 21.3 Å². The van der Waals surface area contributed by atoms with E-state index in [2.05, 4.69) is 31.3 Å². The molecule has 1 rings (SSSR count). The Morgan fingerprint density at radius 2 is 2.00 bits per heavy atom. The van der Waals surface area contributed by atoms with Gasteiger partial charge in [-0.05, 0) is 44.9 Å². The first-order chi connectivity index (χ1) is 7.77. The van der Waals surface area contributed by atoms with Gasteiger partial charge in [0.15, 0.2) is 0 Å². The molecule has 1 atom stereocenters. The number of para-hydroxylation sites is 1.